The van der Waals surface area contributed by atoms with Crippen molar-refractivity contribution in [2.75, 3.05) is 0 Å². The Balaban J connectivity index is 3.13. The first-order valence-corrected chi connectivity index (χ1v) is 3.87. The third kappa shape index (κ3) is 2.10. The van der Waals surface area contributed by atoms with Crippen LogP contribution in [0.25, 0.3) is 0 Å². The van der Waals surface area contributed by atoms with Crippen LogP contribution in [0.2, 0.25) is 5.15 Å². The molecule has 0 bridgehead atoms. The molecule has 60 valence electrons. The number of aromatic nitrogens is 1. The highest BCUT2D eigenvalue weighted by atomic mass is 79.9. The molecule has 0 radical (unpaired) electrons. The first kappa shape index (κ1) is 8.87. The summed E-state index contributed by atoms with van der Waals surface area (Å²) in [6, 6.07) is 1.14. The molecule has 0 fully saturated rings. The van der Waals surface area contributed by atoms with Gasteiger partial charge < -0.3 is 0 Å². The minimum atomic E-state index is -2.52. The van der Waals surface area contributed by atoms with Crippen molar-refractivity contribution in [3.8, 4) is 0 Å². The van der Waals surface area contributed by atoms with E-state index < -0.39 is 6.43 Å². The fourth-order valence-corrected chi connectivity index (χ4v) is 1.15. The van der Waals surface area contributed by atoms with Crippen molar-refractivity contribution in [1.82, 2.24) is 4.98 Å². The Kier molecular flexibility index (Phi) is 2.78. The van der Waals surface area contributed by atoms with Crippen LogP contribution in [0.5, 0.6) is 0 Å². The molecule has 0 amide bonds. The molecule has 1 nitrogen and oxygen atoms in total. The Bertz CT molecular complexity index is 267. The van der Waals surface area contributed by atoms with Gasteiger partial charge in [0.15, 0.2) is 0 Å². The summed E-state index contributed by atoms with van der Waals surface area (Å²) < 4.78 is 24.5. The smallest absolute Gasteiger partial charge is 0.243 e. The first-order valence-electron chi connectivity index (χ1n) is 2.70. The lowest BCUT2D eigenvalue weighted by molar-refractivity contribution is 0.150. The molecular weight excluding hydrogens is 239 g/mol. The zero-order valence-corrected chi connectivity index (χ0v) is 7.53. The van der Waals surface area contributed by atoms with E-state index in [0.29, 0.717) is 0 Å². The minimum absolute atomic E-state index is 0.0727. The molecule has 1 rings (SSSR count). The van der Waals surface area contributed by atoms with Crippen LogP contribution in [0, 0.1) is 0 Å². The van der Waals surface area contributed by atoms with Crippen molar-refractivity contribution in [3.05, 3.63) is 27.5 Å². The predicted molar refractivity (Wildman–Crippen MR) is 41.9 cm³/mol. The Morgan fingerprint density at radius 3 is 2.64 bits per heavy atom. The van der Waals surface area contributed by atoms with Gasteiger partial charge in [-0.25, -0.2) is 13.8 Å². The maximum Gasteiger partial charge on any atom is 0.265 e. The number of alkyl halides is 2. The molecule has 11 heavy (non-hydrogen) atoms. The number of rotatable bonds is 1. The lowest BCUT2D eigenvalue weighted by atomic mass is 10.3. The second kappa shape index (κ2) is 3.45. The highest BCUT2D eigenvalue weighted by Crippen LogP contribution is 2.27. The summed E-state index contributed by atoms with van der Waals surface area (Å²) in [5, 5.41) is 0.0727. The summed E-state index contributed by atoms with van der Waals surface area (Å²) in [6.45, 7) is 0. The number of halogens is 4. The van der Waals surface area contributed by atoms with Crippen molar-refractivity contribution in [2.45, 2.75) is 6.43 Å². The maximum atomic E-state index is 12.1. The third-order valence-electron chi connectivity index (χ3n) is 1.09. The van der Waals surface area contributed by atoms with E-state index >= 15 is 0 Å². The van der Waals surface area contributed by atoms with Gasteiger partial charge in [-0.2, -0.15) is 0 Å². The van der Waals surface area contributed by atoms with Crippen LogP contribution in [0.4, 0.5) is 8.78 Å². The van der Waals surface area contributed by atoms with Crippen LogP contribution in [-0.4, -0.2) is 4.98 Å². The van der Waals surface area contributed by atoms with Gasteiger partial charge in [-0.05, 0) is 22.0 Å². The van der Waals surface area contributed by atoms with Gasteiger partial charge in [0.05, 0.1) is 0 Å². The quantitative estimate of drug-likeness (QED) is 0.688. The van der Waals surface area contributed by atoms with E-state index in [-0.39, 0.29) is 15.2 Å². The first-order chi connectivity index (χ1) is 5.11. The van der Waals surface area contributed by atoms with Crippen LogP contribution in [0.15, 0.2) is 16.7 Å². The fraction of sp³-hybridized carbons (Fsp3) is 0.167. The predicted octanol–water partition coefficient (Wildman–Crippen LogP) is 3.44. The van der Waals surface area contributed by atoms with Gasteiger partial charge in [-0.15, -0.1) is 0 Å². The monoisotopic (exact) mass is 241 g/mol. The van der Waals surface area contributed by atoms with E-state index in [2.05, 4.69) is 20.9 Å². The second-order valence-electron chi connectivity index (χ2n) is 1.83. The number of hydrogen-bond donors (Lipinski definition) is 0. The van der Waals surface area contributed by atoms with Crippen LogP contribution in [0.3, 0.4) is 0 Å². The average Bonchev–Trinajstić information content (AvgIpc) is 1.94. The lowest BCUT2D eigenvalue weighted by Gasteiger charge is -2.01. The van der Waals surface area contributed by atoms with Crippen molar-refractivity contribution < 1.29 is 8.78 Å². The average molecular weight is 242 g/mol. The Hall–Kier alpha value is -0.220. The summed E-state index contributed by atoms with van der Waals surface area (Å²) >= 11 is 8.33. The number of pyridine rings is 1. The minimum Gasteiger partial charge on any atom is -0.243 e. The molecule has 0 atom stereocenters. The zero-order valence-electron chi connectivity index (χ0n) is 5.19. The van der Waals surface area contributed by atoms with E-state index in [9.17, 15) is 8.78 Å². The lowest BCUT2D eigenvalue weighted by Crippen LogP contribution is -1.87. The van der Waals surface area contributed by atoms with E-state index in [1.54, 1.807) is 0 Å². The molecule has 0 aliphatic rings. The van der Waals surface area contributed by atoms with Crippen molar-refractivity contribution in [1.29, 1.82) is 0 Å². The Labute approximate surface area is 75.5 Å². The van der Waals surface area contributed by atoms with E-state index in [1.165, 1.54) is 6.20 Å². The standard InChI is InChI=1S/C6H3BrClF2N/c7-4-2-11-5(8)1-3(4)6(9)10/h1-2,6H. The highest BCUT2D eigenvalue weighted by molar-refractivity contribution is 9.10. The molecular formula is C6H3BrClF2N. The van der Waals surface area contributed by atoms with Gasteiger partial charge in [-0.3, -0.25) is 0 Å². The van der Waals surface area contributed by atoms with Crippen LogP contribution in [0.1, 0.15) is 12.0 Å². The molecule has 0 aliphatic carbocycles. The molecule has 0 N–H and O–H groups in total. The molecule has 0 unspecified atom stereocenters. The molecule has 0 aliphatic heterocycles. The molecule has 5 heteroatoms. The van der Waals surface area contributed by atoms with Gasteiger partial charge in [-0.1, -0.05) is 11.6 Å². The van der Waals surface area contributed by atoms with E-state index in [1.807, 2.05) is 0 Å². The molecule has 1 aromatic heterocycles. The van der Waals surface area contributed by atoms with E-state index in [0.717, 1.165) is 6.07 Å². The number of nitrogens with zero attached hydrogens (tertiary/aromatic N) is 1. The summed E-state index contributed by atoms with van der Waals surface area (Å²) in [5.41, 5.74) is -0.134. The Morgan fingerprint density at radius 1 is 1.55 bits per heavy atom. The van der Waals surface area contributed by atoms with Gasteiger partial charge in [0.25, 0.3) is 6.43 Å². The molecule has 1 aromatic rings. The van der Waals surface area contributed by atoms with Crippen molar-refractivity contribution >= 4 is 27.5 Å². The SMILES string of the molecule is FC(F)c1cc(Cl)ncc1Br. The van der Waals surface area contributed by atoms with Gasteiger partial charge in [0.2, 0.25) is 0 Å². The summed E-state index contributed by atoms with van der Waals surface area (Å²) in [4.78, 5) is 3.61. The second-order valence-corrected chi connectivity index (χ2v) is 3.07. The van der Waals surface area contributed by atoms with Crippen molar-refractivity contribution in [2.24, 2.45) is 0 Å². The van der Waals surface area contributed by atoms with Crippen LogP contribution in [-0.2, 0) is 0 Å². The fourth-order valence-electron chi connectivity index (χ4n) is 0.595. The molecule has 0 aromatic carbocycles. The third-order valence-corrected chi connectivity index (χ3v) is 1.96. The summed E-state index contributed by atoms with van der Waals surface area (Å²) in [5.74, 6) is 0. The number of hydrogen-bond acceptors (Lipinski definition) is 1. The molecule has 0 saturated heterocycles. The summed E-state index contributed by atoms with van der Waals surface area (Å²) in [7, 11) is 0. The van der Waals surface area contributed by atoms with Crippen molar-refractivity contribution in [3.63, 3.8) is 0 Å². The molecule has 0 spiro atoms. The molecule has 0 saturated carbocycles. The normalized spacial score (nSPS) is 10.6. The topological polar surface area (TPSA) is 12.9 Å². The van der Waals surface area contributed by atoms with E-state index in [4.69, 9.17) is 11.6 Å². The largest absolute Gasteiger partial charge is 0.265 e. The van der Waals surface area contributed by atoms with Gasteiger partial charge in [0, 0.05) is 16.2 Å². The van der Waals surface area contributed by atoms with Crippen LogP contribution >= 0.6 is 27.5 Å². The van der Waals surface area contributed by atoms with Gasteiger partial charge >= 0.3 is 0 Å². The Morgan fingerprint density at radius 2 is 2.18 bits per heavy atom. The zero-order chi connectivity index (χ0) is 8.43. The molecule has 1 heterocycles. The maximum absolute atomic E-state index is 12.1. The van der Waals surface area contributed by atoms with Crippen LogP contribution < -0.4 is 0 Å². The van der Waals surface area contributed by atoms with Gasteiger partial charge in [0.1, 0.15) is 5.15 Å². The highest BCUT2D eigenvalue weighted by Gasteiger charge is 2.11. The summed E-state index contributed by atoms with van der Waals surface area (Å²) in [6.07, 6.45) is -1.27.